The van der Waals surface area contributed by atoms with Crippen LogP contribution in [0.15, 0.2) is 45.7 Å². The maximum absolute atomic E-state index is 13.4. The predicted molar refractivity (Wildman–Crippen MR) is 124 cm³/mol. The van der Waals surface area contributed by atoms with Gasteiger partial charge in [-0.25, -0.2) is 4.98 Å². The van der Waals surface area contributed by atoms with Crippen LogP contribution in [-0.2, 0) is 0 Å². The first-order chi connectivity index (χ1) is 13.9. The lowest BCUT2D eigenvalue weighted by molar-refractivity contribution is 0.102. The number of hydrogen-bond acceptors (Lipinski definition) is 6. The smallest absolute Gasteiger partial charge is 0.267 e. The number of aromatic nitrogens is 2. The lowest BCUT2D eigenvalue weighted by Gasteiger charge is -2.12. The number of aryl methyl sites for hydroxylation is 2. The van der Waals surface area contributed by atoms with E-state index in [0.29, 0.717) is 36.0 Å². The summed E-state index contributed by atoms with van der Waals surface area (Å²) in [6.07, 6.45) is 0. The molecule has 0 saturated heterocycles. The number of thiophene rings is 2. The molecule has 0 aliphatic rings. The maximum atomic E-state index is 13.4. The summed E-state index contributed by atoms with van der Waals surface area (Å²) in [5, 5.41) is 3.66. The van der Waals surface area contributed by atoms with Gasteiger partial charge in [0, 0.05) is 4.88 Å². The van der Waals surface area contributed by atoms with E-state index in [0.717, 1.165) is 10.4 Å². The quantitative estimate of drug-likeness (QED) is 0.188. The van der Waals surface area contributed by atoms with Gasteiger partial charge in [-0.05, 0) is 49.1 Å². The van der Waals surface area contributed by atoms with Crippen LogP contribution in [0.1, 0.15) is 20.1 Å². The van der Waals surface area contributed by atoms with Crippen LogP contribution in [0.3, 0.4) is 0 Å². The molecule has 4 aromatic rings. The molecule has 0 bridgehead atoms. The zero-order valence-corrected chi connectivity index (χ0v) is 19.3. The number of Topliss-reactive ketones (excluding diaryl/α,β-unsaturated/α-hetero) is 1. The Labute approximate surface area is 189 Å². The van der Waals surface area contributed by atoms with E-state index in [1.54, 1.807) is 24.3 Å². The van der Waals surface area contributed by atoms with Crippen molar-refractivity contribution in [3.05, 3.63) is 71.4 Å². The van der Waals surface area contributed by atoms with E-state index in [4.69, 9.17) is 28.2 Å². The minimum absolute atomic E-state index is 0.00132. The van der Waals surface area contributed by atoms with Gasteiger partial charge in [0.15, 0.2) is 10.9 Å². The Hall–Kier alpha value is -1.64. The van der Waals surface area contributed by atoms with Gasteiger partial charge in [-0.1, -0.05) is 41.0 Å². The van der Waals surface area contributed by atoms with Crippen molar-refractivity contribution >= 4 is 73.6 Å². The third kappa shape index (κ3) is 3.90. The van der Waals surface area contributed by atoms with Crippen molar-refractivity contribution in [1.82, 2.24) is 9.55 Å². The Kier molecular flexibility index (Phi) is 5.86. The lowest BCUT2D eigenvalue weighted by Crippen LogP contribution is -2.22. The second kappa shape index (κ2) is 8.24. The number of fused-ring (bicyclic) bond motifs is 1. The summed E-state index contributed by atoms with van der Waals surface area (Å²) < 4.78 is 1.51. The van der Waals surface area contributed by atoms with E-state index >= 15 is 0 Å². The van der Waals surface area contributed by atoms with Crippen LogP contribution in [0.5, 0.6) is 0 Å². The van der Waals surface area contributed by atoms with Crippen LogP contribution in [0, 0.1) is 13.8 Å². The fourth-order valence-electron chi connectivity index (χ4n) is 2.86. The van der Waals surface area contributed by atoms with Crippen LogP contribution < -0.4 is 5.56 Å². The summed E-state index contributed by atoms with van der Waals surface area (Å²) in [5.41, 5.74) is 1.30. The maximum Gasteiger partial charge on any atom is 0.267 e. The Bertz CT molecular complexity index is 1290. The predicted octanol–water partition coefficient (Wildman–Crippen LogP) is 6.41. The molecule has 0 spiro atoms. The first kappa shape index (κ1) is 20.6. The number of rotatable bonds is 5. The van der Waals surface area contributed by atoms with Gasteiger partial charge < -0.3 is 0 Å². The largest absolute Gasteiger partial charge is 0.292 e. The molecule has 4 rings (SSSR count). The molecule has 0 radical (unpaired) electrons. The average molecular weight is 481 g/mol. The molecule has 0 atom stereocenters. The molecule has 9 heteroatoms. The summed E-state index contributed by atoms with van der Waals surface area (Å²) in [5.74, 6) is 0.182. The highest BCUT2D eigenvalue weighted by molar-refractivity contribution is 7.99. The van der Waals surface area contributed by atoms with E-state index in [1.165, 1.54) is 39.0 Å². The molecule has 0 aliphatic heterocycles. The van der Waals surface area contributed by atoms with Crippen molar-refractivity contribution in [2.24, 2.45) is 0 Å². The van der Waals surface area contributed by atoms with E-state index < -0.39 is 0 Å². The Morgan fingerprint density at radius 2 is 2.00 bits per heavy atom. The van der Waals surface area contributed by atoms with Gasteiger partial charge in [-0.3, -0.25) is 14.2 Å². The van der Waals surface area contributed by atoms with Crippen LogP contribution in [-0.4, -0.2) is 21.1 Å². The summed E-state index contributed by atoms with van der Waals surface area (Å²) in [4.78, 5) is 33.0. The van der Waals surface area contributed by atoms with Crippen molar-refractivity contribution in [3.63, 3.8) is 0 Å². The lowest BCUT2D eigenvalue weighted by atomic mass is 10.2. The summed E-state index contributed by atoms with van der Waals surface area (Å²) in [6, 6.07) is 8.64. The standard InChI is InChI=1S/C20H14Cl2N2O2S3/c1-10-11(2)29-18-17(10)19(26)24(12-5-6-13(21)14(22)8-12)20(23-18)28-9-15(25)16-4-3-7-27-16/h3-8H,9H2,1-2H3. The third-order valence-corrected chi connectivity index (χ3v) is 8.15. The molecular weight excluding hydrogens is 467 g/mol. The molecule has 3 aromatic heterocycles. The van der Waals surface area contributed by atoms with Crippen molar-refractivity contribution in [3.8, 4) is 5.69 Å². The zero-order chi connectivity index (χ0) is 20.7. The van der Waals surface area contributed by atoms with E-state index in [2.05, 4.69) is 0 Å². The van der Waals surface area contributed by atoms with Crippen LogP contribution >= 0.6 is 57.6 Å². The number of halogens is 2. The monoisotopic (exact) mass is 480 g/mol. The summed E-state index contributed by atoms with van der Waals surface area (Å²) in [7, 11) is 0. The minimum Gasteiger partial charge on any atom is -0.292 e. The summed E-state index contributed by atoms with van der Waals surface area (Å²) >= 11 is 16.4. The molecular formula is C20H14Cl2N2O2S3. The van der Waals surface area contributed by atoms with Gasteiger partial charge in [-0.15, -0.1) is 22.7 Å². The van der Waals surface area contributed by atoms with Crippen LogP contribution in [0.25, 0.3) is 15.9 Å². The molecule has 1 aromatic carbocycles. The van der Waals surface area contributed by atoms with Crippen molar-refractivity contribution in [2.45, 2.75) is 19.0 Å². The van der Waals surface area contributed by atoms with Crippen molar-refractivity contribution in [1.29, 1.82) is 0 Å². The Morgan fingerprint density at radius 1 is 1.21 bits per heavy atom. The Morgan fingerprint density at radius 3 is 2.69 bits per heavy atom. The number of ketones is 1. The van der Waals surface area contributed by atoms with Gasteiger partial charge in [0.1, 0.15) is 4.83 Å². The molecule has 148 valence electrons. The second-order valence-corrected chi connectivity index (χ2v) is 10.2. The fraction of sp³-hybridized carbons (Fsp3) is 0.150. The first-order valence-corrected chi connectivity index (χ1v) is 12.0. The molecule has 0 N–H and O–H groups in total. The van der Waals surface area contributed by atoms with Crippen molar-refractivity contribution < 1.29 is 4.79 Å². The third-order valence-electron chi connectivity index (χ3n) is 4.46. The van der Waals surface area contributed by atoms with Crippen LogP contribution in [0.2, 0.25) is 10.0 Å². The highest BCUT2D eigenvalue weighted by atomic mass is 35.5. The second-order valence-electron chi connectivity index (χ2n) is 6.29. The SMILES string of the molecule is Cc1sc2nc(SCC(=O)c3cccs3)n(-c3ccc(Cl)c(Cl)c3)c(=O)c2c1C. The number of thioether (sulfide) groups is 1. The molecule has 0 saturated carbocycles. The topological polar surface area (TPSA) is 52.0 Å². The average Bonchev–Trinajstić information content (AvgIpc) is 3.31. The number of hydrogen-bond donors (Lipinski definition) is 0. The minimum atomic E-state index is -0.179. The van der Waals surface area contributed by atoms with Gasteiger partial charge in [-0.2, -0.15) is 0 Å². The van der Waals surface area contributed by atoms with Crippen molar-refractivity contribution in [2.75, 3.05) is 5.75 Å². The summed E-state index contributed by atoms with van der Waals surface area (Å²) in [6.45, 7) is 3.89. The molecule has 29 heavy (non-hydrogen) atoms. The number of nitrogens with zero attached hydrogens (tertiary/aromatic N) is 2. The zero-order valence-electron chi connectivity index (χ0n) is 15.4. The molecule has 0 amide bonds. The van der Waals surface area contributed by atoms with Crippen LogP contribution in [0.4, 0.5) is 0 Å². The normalized spacial score (nSPS) is 11.3. The molecule has 4 nitrogen and oxygen atoms in total. The van der Waals surface area contributed by atoms with Gasteiger partial charge >= 0.3 is 0 Å². The fourth-order valence-corrected chi connectivity index (χ4v) is 5.88. The van der Waals surface area contributed by atoms with E-state index in [-0.39, 0.29) is 17.1 Å². The highest BCUT2D eigenvalue weighted by Gasteiger charge is 2.19. The number of benzene rings is 1. The van der Waals surface area contributed by atoms with Gasteiger partial charge in [0.05, 0.1) is 31.7 Å². The molecule has 0 fully saturated rings. The first-order valence-electron chi connectivity index (χ1n) is 8.54. The number of carbonyl (C=O) groups excluding carboxylic acids is 1. The Balaban J connectivity index is 1.86. The van der Waals surface area contributed by atoms with Gasteiger partial charge in [0.25, 0.3) is 5.56 Å². The molecule has 3 heterocycles. The highest BCUT2D eigenvalue weighted by Crippen LogP contribution is 2.31. The van der Waals surface area contributed by atoms with E-state index in [9.17, 15) is 9.59 Å². The van der Waals surface area contributed by atoms with Gasteiger partial charge in [0.2, 0.25) is 0 Å². The van der Waals surface area contributed by atoms with E-state index in [1.807, 2.05) is 25.3 Å². The molecule has 0 unspecified atom stereocenters. The number of carbonyl (C=O) groups is 1. The molecule has 0 aliphatic carbocycles.